The van der Waals surface area contributed by atoms with Gasteiger partial charge < -0.3 is 5.11 Å². The minimum atomic E-state index is 0.157. The van der Waals surface area contributed by atoms with E-state index in [4.69, 9.17) is 10.4 Å². The van der Waals surface area contributed by atoms with Crippen molar-refractivity contribution >= 4 is 11.0 Å². The van der Waals surface area contributed by atoms with E-state index in [0.29, 0.717) is 12.0 Å². The standard InChI is InChI=1S/C16H13N3O/c17-10-13-3-6-16-15(9-13)18-11-19(16)14-4-1-12(2-5-14)7-8-20/h1-6,9,11,20H,7-8H2. The van der Waals surface area contributed by atoms with Gasteiger partial charge in [-0.3, -0.25) is 4.57 Å². The van der Waals surface area contributed by atoms with E-state index in [2.05, 4.69) is 11.1 Å². The number of aromatic nitrogens is 2. The van der Waals surface area contributed by atoms with Crippen molar-refractivity contribution < 1.29 is 5.11 Å². The number of fused-ring (bicyclic) bond motifs is 1. The quantitative estimate of drug-likeness (QED) is 0.789. The maximum atomic E-state index is 8.92. The van der Waals surface area contributed by atoms with Gasteiger partial charge in [0, 0.05) is 12.3 Å². The second kappa shape index (κ2) is 5.16. The Labute approximate surface area is 116 Å². The van der Waals surface area contributed by atoms with E-state index in [1.54, 1.807) is 18.5 Å². The molecule has 1 N–H and O–H groups in total. The van der Waals surface area contributed by atoms with Crippen LogP contribution in [0.1, 0.15) is 11.1 Å². The van der Waals surface area contributed by atoms with Crippen molar-refractivity contribution in [3.8, 4) is 11.8 Å². The maximum Gasteiger partial charge on any atom is 0.100 e. The fourth-order valence-electron chi connectivity index (χ4n) is 2.24. The third kappa shape index (κ3) is 2.15. The van der Waals surface area contributed by atoms with Gasteiger partial charge in [0.1, 0.15) is 6.33 Å². The Hall–Kier alpha value is -2.64. The molecule has 4 nitrogen and oxygen atoms in total. The van der Waals surface area contributed by atoms with Crippen LogP contribution in [0.2, 0.25) is 0 Å². The van der Waals surface area contributed by atoms with Crippen LogP contribution in [0.25, 0.3) is 16.7 Å². The number of nitrogens with zero attached hydrogens (tertiary/aromatic N) is 3. The van der Waals surface area contributed by atoms with Crippen LogP contribution in [0, 0.1) is 11.3 Å². The van der Waals surface area contributed by atoms with Crippen molar-refractivity contribution in [2.24, 2.45) is 0 Å². The summed E-state index contributed by atoms with van der Waals surface area (Å²) < 4.78 is 1.99. The van der Waals surface area contributed by atoms with Crippen molar-refractivity contribution in [3.63, 3.8) is 0 Å². The average Bonchev–Trinajstić information content (AvgIpc) is 2.91. The summed E-state index contributed by atoms with van der Waals surface area (Å²) in [6.45, 7) is 0.157. The zero-order valence-corrected chi connectivity index (χ0v) is 10.8. The zero-order valence-electron chi connectivity index (χ0n) is 10.8. The van der Waals surface area contributed by atoms with Crippen LogP contribution in [0.3, 0.4) is 0 Å². The molecule has 0 saturated carbocycles. The molecule has 0 spiro atoms. The summed E-state index contributed by atoms with van der Waals surface area (Å²) in [5.41, 5.74) is 4.51. The molecule has 98 valence electrons. The predicted octanol–water partition coefficient (Wildman–Crippen LogP) is 2.43. The summed E-state index contributed by atoms with van der Waals surface area (Å²) in [7, 11) is 0. The SMILES string of the molecule is N#Cc1ccc2c(c1)ncn2-c1ccc(CCO)cc1. The smallest absolute Gasteiger partial charge is 0.100 e. The van der Waals surface area contributed by atoms with Crippen molar-refractivity contribution in [3.05, 3.63) is 59.9 Å². The molecule has 0 saturated heterocycles. The van der Waals surface area contributed by atoms with Crippen molar-refractivity contribution in [1.29, 1.82) is 5.26 Å². The number of rotatable bonds is 3. The molecule has 0 aliphatic heterocycles. The van der Waals surface area contributed by atoms with Gasteiger partial charge >= 0.3 is 0 Å². The van der Waals surface area contributed by atoms with Gasteiger partial charge in [-0.2, -0.15) is 5.26 Å². The highest BCUT2D eigenvalue weighted by Crippen LogP contribution is 2.19. The lowest BCUT2D eigenvalue weighted by molar-refractivity contribution is 0.299. The summed E-state index contributed by atoms with van der Waals surface area (Å²) >= 11 is 0. The van der Waals surface area contributed by atoms with E-state index in [1.165, 1.54) is 0 Å². The molecule has 20 heavy (non-hydrogen) atoms. The lowest BCUT2D eigenvalue weighted by Gasteiger charge is -2.05. The predicted molar refractivity (Wildman–Crippen MR) is 76.6 cm³/mol. The molecule has 0 fully saturated rings. The van der Waals surface area contributed by atoms with E-state index >= 15 is 0 Å². The van der Waals surface area contributed by atoms with Crippen LogP contribution in [0.15, 0.2) is 48.8 Å². The van der Waals surface area contributed by atoms with Crippen molar-refractivity contribution in [2.75, 3.05) is 6.61 Å². The topological polar surface area (TPSA) is 61.8 Å². The summed E-state index contributed by atoms with van der Waals surface area (Å²) in [6, 6.07) is 15.6. The monoisotopic (exact) mass is 263 g/mol. The molecule has 0 amide bonds. The average molecular weight is 263 g/mol. The normalized spacial score (nSPS) is 10.6. The first-order chi connectivity index (χ1) is 9.81. The highest BCUT2D eigenvalue weighted by molar-refractivity contribution is 5.78. The second-order valence-corrected chi connectivity index (χ2v) is 4.57. The molecule has 4 heteroatoms. The molecule has 1 heterocycles. The zero-order chi connectivity index (χ0) is 13.9. The number of nitriles is 1. The highest BCUT2D eigenvalue weighted by atomic mass is 16.2. The molecule has 0 unspecified atom stereocenters. The van der Waals surface area contributed by atoms with Crippen LogP contribution in [0.4, 0.5) is 0 Å². The van der Waals surface area contributed by atoms with Gasteiger partial charge in [-0.15, -0.1) is 0 Å². The number of hydrogen-bond donors (Lipinski definition) is 1. The van der Waals surface area contributed by atoms with Gasteiger partial charge in [0.25, 0.3) is 0 Å². The van der Waals surface area contributed by atoms with Crippen LogP contribution in [-0.2, 0) is 6.42 Å². The van der Waals surface area contributed by atoms with Crippen molar-refractivity contribution in [2.45, 2.75) is 6.42 Å². The Balaban J connectivity index is 2.04. The largest absolute Gasteiger partial charge is 0.396 e. The number of imidazole rings is 1. The Bertz CT molecular complexity index is 782. The van der Waals surface area contributed by atoms with Gasteiger partial charge in [-0.25, -0.2) is 4.98 Å². The van der Waals surface area contributed by atoms with Crippen molar-refractivity contribution in [1.82, 2.24) is 9.55 Å². The van der Waals surface area contributed by atoms with Crippen LogP contribution < -0.4 is 0 Å². The summed E-state index contributed by atoms with van der Waals surface area (Å²) in [5, 5.41) is 17.8. The summed E-state index contributed by atoms with van der Waals surface area (Å²) in [5.74, 6) is 0. The molecular weight excluding hydrogens is 250 g/mol. The highest BCUT2D eigenvalue weighted by Gasteiger charge is 2.05. The fraction of sp³-hybridized carbons (Fsp3) is 0.125. The molecule has 0 aliphatic carbocycles. The minimum Gasteiger partial charge on any atom is -0.396 e. The molecule has 2 aromatic carbocycles. The first-order valence-corrected chi connectivity index (χ1v) is 6.39. The van der Waals surface area contributed by atoms with Crippen LogP contribution in [-0.4, -0.2) is 21.3 Å². The molecule has 3 aromatic rings. The Kier molecular flexibility index (Phi) is 3.20. The van der Waals surface area contributed by atoms with Gasteiger partial charge in [0.05, 0.1) is 22.7 Å². The molecule has 3 rings (SSSR count). The van der Waals surface area contributed by atoms with Gasteiger partial charge in [-0.1, -0.05) is 12.1 Å². The van der Waals surface area contributed by atoms with E-state index in [0.717, 1.165) is 22.3 Å². The molecular formula is C16H13N3O. The van der Waals surface area contributed by atoms with Crippen LogP contribution in [0.5, 0.6) is 0 Å². The molecule has 0 radical (unpaired) electrons. The molecule has 0 aliphatic rings. The summed E-state index contributed by atoms with van der Waals surface area (Å²) in [4.78, 5) is 4.33. The van der Waals surface area contributed by atoms with E-state index in [9.17, 15) is 0 Å². The Morgan fingerprint density at radius 3 is 2.65 bits per heavy atom. The van der Waals surface area contributed by atoms with Crippen LogP contribution >= 0.6 is 0 Å². The lowest BCUT2D eigenvalue weighted by atomic mass is 10.1. The van der Waals surface area contributed by atoms with E-state index < -0.39 is 0 Å². The van der Waals surface area contributed by atoms with E-state index in [1.807, 2.05) is 34.9 Å². The molecule has 1 aromatic heterocycles. The van der Waals surface area contributed by atoms with E-state index in [-0.39, 0.29) is 6.61 Å². The second-order valence-electron chi connectivity index (χ2n) is 4.57. The number of hydrogen-bond acceptors (Lipinski definition) is 3. The number of aliphatic hydroxyl groups is 1. The maximum absolute atomic E-state index is 8.92. The Morgan fingerprint density at radius 2 is 1.95 bits per heavy atom. The number of aliphatic hydroxyl groups excluding tert-OH is 1. The summed E-state index contributed by atoms with van der Waals surface area (Å²) in [6.07, 6.45) is 2.42. The third-order valence-electron chi connectivity index (χ3n) is 3.29. The van der Waals surface area contributed by atoms with Gasteiger partial charge in [-0.05, 0) is 42.3 Å². The molecule has 0 bridgehead atoms. The Morgan fingerprint density at radius 1 is 1.15 bits per heavy atom. The first kappa shape index (κ1) is 12.4. The lowest BCUT2D eigenvalue weighted by Crippen LogP contribution is -1.94. The number of benzene rings is 2. The first-order valence-electron chi connectivity index (χ1n) is 6.39. The minimum absolute atomic E-state index is 0.157. The van der Waals surface area contributed by atoms with Gasteiger partial charge in [0.2, 0.25) is 0 Å². The van der Waals surface area contributed by atoms with Gasteiger partial charge in [0.15, 0.2) is 0 Å². The molecule has 0 atom stereocenters. The fourth-order valence-corrected chi connectivity index (χ4v) is 2.24. The third-order valence-corrected chi connectivity index (χ3v) is 3.29.